The SMILES string of the molecule is Cl.O=[N+]([O-])c1ccc(S(=O)(=O)NCC2CCCN2)cc1. The van der Waals surface area contributed by atoms with Gasteiger partial charge < -0.3 is 5.32 Å². The molecule has 1 atom stereocenters. The standard InChI is InChI=1S/C11H15N3O4S.ClH/c15-14(16)10-3-5-11(6-4-10)19(17,18)13-8-9-2-1-7-12-9;/h3-6,9,12-13H,1-2,7-8H2;1H. The Labute approximate surface area is 123 Å². The van der Waals surface area contributed by atoms with Gasteiger partial charge in [-0.15, -0.1) is 12.4 Å². The van der Waals surface area contributed by atoms with Crippen LogP contribution in [0.15, 0.2) is 29.2 Å². The number of rotatable bonds is 5. The van der Waals surface area contributed by atoms with Crippen molar-refractivity contribution in [2.75, 3.05) is 13.1 Å². The normalized spacial score (nSPS) is 18.5. The monoisotopic (exact) mass is 321 g/mol. The number of nitro groups is 1. The number of hydrogen-bond donors (Lipinski definition) is 2. The number of sulfonamides is 1. The number of benzene rings is 1. The topological polar surface area (TPSA) is 101 Å². The fraction of sp³-hybridized carbons (Fsp3) is 0.455. The maximum atomic E-state index is 12.0. The van der Waals surface area contributed by atoms with E-state index in [1.54, 1.807) is 0 Å². The molecule has 2 N–H and O–H groups in total. The van der Waals surface area contributed by atoms with Gasteiger partial charge in [-0.05, 0) is 31.5 Å². The third-order valence-electron chi connectivity index (χ3n) is 3.04. The van der Waals surface area contributed by atoms with Crippen molar-refractivity contribution in [2.45, 2.75) is 23.8 Å². The van der Waals surface area contributed by atoms with Crippen LogP contribution >= 0.6 is 12.4 Å². The maximum Gasteiger partial charge on any atom is 0.269 e. The van der Waals surface area contributed by atoms with E-state index in [1.807, 2.05) is 0 Å². The van der Waals surface area contributed by atoms with Crippen LogP contribution in [0.5, 0.6) is 0 Å². The number of nitrogens with zero attached hydrogens (tertiary/aromatic N) is 1. The first-order valence-corrected chi connectivity index (χ1v) is 7.45. The van der Waals surface area contributed by atoms with Crippen LogP contribution in [0.25, 0.3) is 0 Å². The molecule has 112 valence electrons. The Morgan fingerprint density at radius 3 is 2.50 bits per heavy atom. The van der Waals surface area contributed by atoms with E-state index in [1.165, 1.54) is 24.3 Å². The number of nitrogens with one attached hydrogen (secondary N) is 2. The molecule has 1 fully saturated rings. The largest absolute Gasteiger partial charge is 0.313 e. The van der Waals surface area contributed by atoms with Crippen LogP contribution in [0.4, 0.5) is 5.69 Å². The number of halogens is 1. The van der Waals surface area contributed by atoms with Gasteiger partial charge in [-0.2, -0.15) is 0 Å². The zero-order chi connectivity index (χ0) is 13.9. The van der Waals surface area contributed by atoms with Crippen molar-refractivity contribution in [1.29, 1.82) is 0 Å². The molecular weight excluding hydrogens is 306 g/mol. The molecular formula is C11H16ClN3O4S. The molecule has 1 aromatic carbocycles. The fourth-order valence-corrected chi connectivity index (χ4v) is 3.05. The second-order valence-electron chi connectivity index (χ2n) is 4.40. The van der Waals surface area contributed by atoms with Crippen LogP contribution in [-0.2, 0) is 10.0 Å². The van der Waals surface area contributed by atoms with Crippen LogP contribution in [0, 0.1) is 10.1 Å². The Hall–Kier alpha value is -1.22. The van der Waals surface area contributed by atoms with E-state index in [9.17, 15) is 18.5 Å². The average Bonchev–Trinajstić information content (AvgIpc) is 2.90. The molecule has 0 amide bonds. The van der Waals surface area contributed by atoms with E-state index in [0.29, 0.717) is 6.54 Å². The highest BCUT2D eigenvalue weighted by molar-refractivity contribution is 7.89. The van der Waals surface area contributed by atoms with Gasteiger partial charge >= 0.3 is 0 Å². The van der Waals surface area contributed by atoms with Crippen molar-refractivity contribution in [3.63, 3.8) is 0 Å². The molecule has 20 heavy (non-hydrogen) atoms. The molecule has 1 aliphatic rings. The lowest BCUT2D eigenvalue weighted by Crippen LogP contribution is -2.37. The van der Waals surface area contributed by atoms with Crippen molar-refractivity contribution in [3.05, 3.63) is 34.4 Å². The van der Waals surface area contributed by atoms with E-state index in [-0.39, 0.29) is 29.0 Å². The summed E-state index contributed by atoms with van der Waals surface area (Å²) in [5.41, 5.74) is -0.128. The van der Waals surface area contributed by atoms with Gasteiger partial charge in [0, 0.05) is 24.7 Å². The lowest BCUT2D eigenvalue weighted by molar-refractivity contribution is -0.384. The number of hydrogen-bond acceptors (Lipinski definition) is 5. The summed E-state index contributed by atoms with van der Waals surface area (Å²) >= 11 is 0. The molecule has 1 aliphatic heterocycles. The van der Waals surface area contributed by atoms with Gasteiger partial charge in [0.1, 0.15) is 0 Å². The van der Waals surface area contributed by atoms with Gasteiger partial charge in [0.25, 0.3) is 5.69 Å². The van der Waals surface area contributed by atoms with Gasteiger partial charge in [0.15, 0.2) is 0 Å². The molecule has 0 aromatic heterocycles. The Kier molecular flexibility index (Phi) is 5.88. The molecule has 0 radical (unpaired) electrons. The summed E-state index contributed by atoms with van der Waals surface area (Å²) in [6.07, 6.45) is 1.99. The summed E-state index contributed by atoms with van der Waals surface area (Å²) in [6.45, 7) is 1.24. The molecule has 1 unspecified atom stereocenters. The fourth-order valence-electron chi connectivity index (χ4n) is 1.97. The first-order chi connectivity index (χ1) is 8.99. The van der Waals surface area contributed by atoms with Crippen molar-refractivity contribution in [3.8, 4) is 0 Å². The molecule has 0 spiro atoms. The Morgan fingerprint density at radius 1 is 1.35 bits per heavy atom. The summed E-state index contributed by atoms with van der Waals surface area (Å²) in [5.74, 6) is 0. The van der Waals surface area contributed by atoms with Crippen LogP contribution in [0.1, 0.15) is 12.8 Å². The van der Waals surface area contributed by atoms with Crippen LogP contribution < -0.4 is 10.0 Å². The highest BCUT2D eigenvalue weighted by Gasteiger charge is 2.19. The predicted octanol–water partition coefficient (Wildman–Crippen LogP) is 1.05. The van der Waals surface area contributed by atoms with Gasteiger partial charge in [0.05, 0.1) is 9.82 Å². The predicted molar refractivity (Wildman–Crippen MR) is 76.6 cm³/mol. The summed E-state index contributed by atoms with van der Waals surface area (Å²) in [5, 5.41) is 13.7. The average molecular weight is 322 g/mol. The maximum absolute atomic E-state index is 12.0. The van der Waals surface area contributed by atoms with Gasteiger partial charge in [0.2, 0.25) is 10.0 Å². The first-order valence-electron chi connectivity index (χ1n) is 5.96. The van der Waals surface area contributed by atoms with Gasteiger partial charge in [-0.3, -0.25) is 10.1 Å². The number of non-ortho nitro benzene ring substituents is 1. The smallest absolute Gasteiger partial charge is 0.269 e. The molecule has 1 saturated heterocycles. The molecule has 0 aliphatic carbocycles. The van der Waals surface area contributed by atoms with E-state index in [0.717, 1.165) is 19.4 Å². The van der Waals surface area contributed by atoms with Crippen molar-refractivity contribution < 1.29 is 13.3 Å². The summed E-state index contributed by atoms with van der Waals surface area (Å²) in [6, 6.07) is 5.00. The molecule has 0 saturated carbocycles. The highest BCUT2D eigenvalue weighted by Crippen LogP contribution is 2.15. The van der Waals surface area contributed by atoms with Gasteiger partial charge in [-0.1, -0.05) is 0 Å². The van der Waals surface area contributed by atoms with Crippen LogP contribution in [0.3, 0.4) is 0 Å². The minimum Gasteiger partial charge on any atom is -0.313 e. The lowest BCUT2D eigenvalue weighted by Gasteiger charge is -2.11. The zero-order valence-corrected chi connectivity index (χ0v) is 12.2. The third-order valence-corrected chi connectivity index (χ3v) is 4.48. The van der Waals surface area contributed by atoms with E-state index in [4.69, 9.17) is 0 Å². The molecule has 9 heteroatoms. The Bertz CT molecular complexity index is 556. The van der Waals surface area contributed by atoms with E-state index >= 15 is 0 Å². The molecule has 2 rings (SSSR count). The van der Waals surface area contributed by atoms with Crippen LogP contribution in [-0.4, -0.2) is 32.5 Å². The first kappa shape index (κ1) is 16.8. The molecule has 1 aromatic rings. The Morgan fingerprint density at radius 2 is 2.00 bits per heavy atom. The quantitative estimate of drug-likeness (QED) is 0.623. The lowest BCUT2D eigenvalue weighted by atomic mass is 10.2. The summed E-state index contributed by atoms with van der Waals surface area (Å²) in [7, 11) is -3.60. The summed E-state index contributed by atoms with van der Waals surface area (Å²) < 4.78 is 26.4. The molecule has 0 bridgehead atoms. The van der Waals surface area contributed by atoms with Crippen molar-refractivity contribution >= 4 is 28.1 Å². The van der Waals surface area contributed by atoms with Crippen molar-refractivity contribution in [2.24, 2.45) is 0 Å². The van der Waals surface area contributed by atoms with E-state index in [2.05, 4.69) is 10.0 Å². The van der Waals surface area contributed by atoms with Gasteiger partial charge in [-0.25, -0.2) is 13.1 Å². The van der Waals surface area contributed by atoms with Crippen LogP contribution in [0.2, 0.25) is 0 Å². The molecule has 1 heterocycles. The highest BCUT2D eigenvalue weighted by atomic mass is 35.5. The molecule has 7 nitrogen and oxygen atoms in total. The second kappa shape index (κ2) is 6.98. The third kappa shape index (κ3) is 4.14. The Balaban J connectivity index is 0.00000200. The van der Waals surface area contributed by atoms with E-state index < -0.39 is 14.9 Å². The second-order valence-corrected chi connectivity index (χ2v) is 6.16. The minimum absolute atomic E-state index is 0. The minimum atomic E-state index is -3.60. The summed E-state index contributed by atoms with van der Waals surface area (Å²) in [4.78, 5) is 9.97. The zero-order valence-electron chi connectivity index (χ0n) is 10.6. The van der Waals surface area contributed by atoms with Crippen molar-refractivity contribution in [1.82, 2.24) is 10.0 Å². The number of nitro benzene ring substituents is 1.